The number of nitrogens with one attached hydrogen (secondary N) is 1. The quantitative estimate of drug-likeness (QED) is 0.533. The van der Waals surface area contributed by atoms with Crippen molar-refractivity contribution < 1.29 is 9.18 Å². The Morgan fingerprint density at radius 1 is 1.23 bits per heavy atom. The van der Waals surface area contributed by atoms with Gasteiger partial charge in [0.1, 0.15) is 5.82 Å². The van der Waals surface area contributed by atoms with Crippen LogP contribution in [0.1, 0.15) is 18.9 Å². The molecule has 0 radical (unpaired) electrons. The van der Waals surface area contributed by atoms with Gasteiger partial charge in [-0.3, -0.25) is 15.0 Å². The molecule has 1 heterocycles. The average Bonchev–Trinajstić information content (AvgIpc) is 2.63. The minimum Gasteiger partial charge on any atom is -0.273 e. The molecule has 0 aliphatic heterocycles. The van der Waals surface area contributed by atoms with Crippen molar-refractivity contribution in [2.75, 3.05) is 11.2 Å². The summed E-state index contributed by atoms with van der Waals surface area (Å²) in [6, 6.07) is 13.1. The fourth-order valence-electron chi connectivity index (χ4n) is 2.47. The van der Waals surface area contributed by atoms with Crippen molar-refractivity contribution in [1.82, 2.24) is 9.66 Å². The van der Waals surface area contributed by atoms with Gasteiger partial charge < -0.3 is 0 Å². The predicted molar refractivity (Wildman–Crippen MR) is 101 cm³/mol. The third kappa shape index (κ3) is 4.11. The highest BCUT2D eigenvalue weighted by Gasteiger charge is 2.14. The van der Waals surface area contributed by atoms with Crippen molar-refractivity contribution >= 4 is 28.6 Å². The molecule has 1 amide bonds. The van der Waals surface area contributed by atoms with Crippen LogP contribution in [0, 0.1) is 5.82 Å². The molecule has 2 aromatic carbocycles. The number of rotatable bonds is 6. The molecule has 1 aromatic heterocycles. The van der Waals surface area contributed by atoms with E-state index in [9.17, 15) is 14.0 Å². The van der Waals surface area contributed by atoms with E-state index >= 15 is 0 Å². The summed E-state index contributed by atoms with van der Waals surface area (Å²) < 4.78 is 14.6. The lowest BCUT2D eigenvalue weighted by Gasteiger charge is -2.14. The van der Waals surface area contributed by atoms with E-state index in [1.807, 2.05) is 37.3 Å². The molecule has 1 N–H and O–H groups in total. The number of carbonyl (C=O) groups excluding carboxylic acids is 1. The summed E-state index contributed by atoms with van der Waals surface area (Å²) >= 11 is 1.34. The standard InChI is InChI=1S/C19H18FN3O2S/c1-2-10-26-19-21-16-12-14(20)8-9-15(16)18(25)23(19)22-17(24)11-13-6-4-3-5-7-13/h3-9,12H,2,10-11H2,1H3,(H,22,24). The molecule has 0 unspecified atom stereocenters. The first-order valence-corrected chi connectivity index (χ1v) is 9.26. The number of fused-ring (bicyclic) bond motifs is 1. The van der Waals surface area contributed by atoms with E-state index in [-0.39, 0.29) is 23.2 Å². The third-order valence-corrected chi connectivity index (χ3v) is 4.82. The zero-order chi connectivity index (χ0) is 18.5. The second kappa shape index (κ2) is 8.14. The molecule has 0 atom stereocenters. The minimum atomic E-state index is -0.457. The van der Waals surface area contributed by atoms with Crippen LogP contribution in [0.4, 0.5) is 4.39 Å². The fourth-order valence-corrected chi connectivity index (χ4v) is 3.28. The molecular formula is C19H18FN3O2S. The lowest BCUT2D eigenvalue weighted by atomic mass is 10.1. The SMILES string of the molecule is CCCSc1nc2cc(F)ccc2c(=O)n1NC(=O)Cc1ccccc1. The van der Waals surface area contributed by atoms with Crippen molar-refractivity contribution in [2.24, 2.45) is 0 Å². The second-order valence-corrected chi connectivity index (χ2v) is 6.80. The molecule has 0 saturated heterocycles. The second-order valence-electron chi connectivity index (χ2n) is 5.74. The van der Waals surface area contributed by atoms with Gasteiger partial charge in [0.25, 0.3) is 5.56 Å². The Bertz CT molecular complexity index is 989. The highest BCUT2D eigenvalue weighted by atomic mass is 32.2. The highest BCUT2D eigenvalue weighted by molar-refractivity contribution is 7.99. The van der Waals surface area contributed by atoms with Crippen LogP contribution >= 0.6 is 11.8 Å². The summed E-state index contributed by atoms with van der Waals surface area (Å²) in [6.45, 7) is 2.00. The van der Waals surface area contributed by atoms with Gasteiger partial charge in [-0.05, 0) is 24.1 Å². The first-order chi connectivity index (χ1) is 12.6. The van der Waals surface area contributed by atoms with Crippen LogP contribution in [0.2, 0.25) is 0 Å². The summed E-state index contributed by atoms with van der Waals surface area (Å²) in [5.41, 5.74) is 3.33. The zero-order valence-electron chi connectivity index (χ0n) is 14.2. The van der Waals surface area contributed by atoms with Gasteiger partial charge in [-0.2, -0.15) is 4.68 Å². The summed E-state index contributed by atoms with van der Waals surface area (Å²) in [7, 11) is 0. The monoisotopic (exact) mass is 371 g/mol. The first kappa shape index (κ1) is 18.1. The number of thioether (sulfide) groups is 1. The van der Waals surface area contributed by atoms with Crippen LogP contribution in [0.3, 0.4) is 0 Å². The lowest BCUT2D eigenvalue weighted by molar-refractivity contribution is -0.116. The maximum Gasteiger partial charge on any atom is 0.281 e. The van der Waals surface area contributed by atoms with Crippen LogP contribution < -0.4 is 11.0 Å². The first-order valence-electron chi connectivity index (χ1n) is 8.27. The Balaban J connectivity index is 1.96. The summed E-state index contributed by atoms with van der Waals surface area (Å²) in [5.74, 6) is -0.0523. The van der Waals surface area contributed by atoms with Gasteiger partial charge >= 0.3 is 0 Å². The Kier molecular flexibility index (Phi) is 5.68. The Labute approximate surface area is 154 Å². The summed E-state index contributed by atoms with van der Waals surface area (Å²) in [6.07, 6.45) is 1.02. The molecule has 0 aliphatic rings. The zero-order valence-corrected chi connectivity index (χ0v) is 15.1. The van der Waals surface area contributed by atoms with Gasteiger partial charge in [0.15, 0.2) is 5.16 Å². The average molecular weight is 371 g/mol. The van der Waals surface area contributed by atoms with Gasteiger partial charge in [-0.1, -0.05) is 49.0 Å². The summed E-state index contributed by atoms with van der Waals surface area (Å²) in [5, 5.41) is 0.601. The number of carbonyl (C=O) groups is 1. The normalized spacial score (nSPS) is 10.8. The molecule has 0 fully saturated rings. The molecule has 0 bridgehead atoms. The van der Waals surface area contributed by atoms with Crippen LogP contribution in [-0.4, -0.2) is 21.3 Å². The van der Waals surface area contributed by atoms with E-state index in [1.165, 1.54) is 30.0 Å². The Hall–Kier alpha value is -2.67. The van der Waals surface area contributed by atoms with E-state index in [4.69, 9.17) is 0 Å². The highest BCUT2D eigenvalue weighted by Crippen LogP contribution is 2.18. The van der Waals surface area contributed by atoms with Crippen molar-refractivity contribution in [1.29, 1.82) is 0 Å². The number of amides is 1. The van der Waals surface area contributed by atoms with E-state index in [2.05, 4.69) is 10.4 Å². The molecule has 0 spiro atoms. The largest absolute Gasteiger partial charge is 0.281 e. The van der Waals surface area contributed by atoms with Crippen molar-refractivity contribution in [3.8, 4) is 0 Å². The smallest absolute Gasteiger partial charge is 0.273 e. The molecule has 5 nitrogen and oxygen atoms in total. The fraction of sp³-hybridized carbons (Fsp3) is 0.211. The van der Waals surface area contributed by atoms with E-state index in [1.54, 1.807) is 0 Å². The van der Waals surface area contributed by atoms with Gasteiger partial charge in [0.2, 0.25) is 5.91 Å². The molecule has 3 aromatic rings. The van der Waals surface area contributed by atoms with Gasteiger partial charge in [-0.15, -0.1) is 0 Å². The molecule has 26 heavy (non-hydrogen) atoms. The van der Waals surface area contributed by atoms with Crippen LogP contribution in [0.5, 0.6) is 0 Å². The number of nitrogens with zero attached hydrogens (tertiary/aromatic N) is 2. The molecule has 3 rings (SSSR count). The number of hydrogen-bond acceptors (Lipinski definition) is 4. The maximum absolute atomic E-state index is 13.5. The van der Waals surface area contributed by atoms with Crippen LogP contribution in [-0.2, 0) is 11.2 Å². The van der Waals surface area contributed by atoms with E-state index in [0.29, 0.717) is 5.16 Å². The van der Waals surface area contributed by atoms with Gasteiger partial charge in [-0.25, -0.2) is 9.37 Å². The van der Waals surface area contributed by atoms with E-state index in [0.717, 1.165) is 22.4 Å². The Morgan fingerprint density at radius 3 is 2.73 bits per heavy atom. The number of hydrogen-bond donors (Lipinski definition) is 1. The maximum atomic E-state index is 13.5. The van der Waals surface area contributed by atoms with Crippen molar-refractivity contribution in [2.45, 2.75) is 24.9 Å². The number of aromatic nitrogens is 2. The molecule has 134 valence electrons. The topological polar surface area (TPSA) is 64.0 Å². The number of halogens is 1. The number of benzene rings is 2. The molecule has 0 aliphatic carbocycles. The Morgan fingerprint density at radius 2 is 2.00 bits per heavy atom. The molecule has 0 saturated carbocycles. The third-order valence-electron chi connectivity index (χ3n) is 3.68. The van der Waals surface area contributed by atoms with Crippen molar-refractivity contribution in [3.63, 3.8) is 0 Å². The lowest BCUT2D eigenvalue weighted by Crippen LogP contribution is -2.35. The van der Waals surface area contributed by atoms with Gasteiger partial charge in [0, 0.05) is 11.8 Å². The summed E-state index contributed by atoms with van der Waals surface area (Å²) in [4.78, 5) is 29.5. The van der Waals surface area contributed by atoms with Crippen LogP contribution in [0.25, 0.3) is 10.9 Å². The molecular weight excluding hydrogens is 353 g/mol. The van der Waals surface area contributed by atoms with Gasteiger partial charge in [0.05, 0.1) is 17.3 Å². The van der Waals surface area contributed by atoms with Crippen LogP contribution in [0.15, 0.2) is 58.5 Å². The van der Waals surface area contributed by atoms with E-state index < -0.39 is 11.4 Å². The minimum absolute atomic E-state index is 0.145. The molecule has 7 heteroatoms. The predicted octanol–water partition coefficient (Wildman–Crippen LogP) is 3.35. The van der Waals surface area contributed by atoms with Crippen molar-refractivity contribution in [3.05, 3.63) is 70.3 Å².